The molecule has 2 aromatic carbocycles. The van der Waals surface area contributed by atoms with Crippen molar-refractivity contribution in [3.8, 4) is 5.75 Å². The van der Waals surface area contributed by atoms with Crippen LogP contribution in [0.2, 0.25) is 0 Å². The summed E-state index contributed by atoms with van der Waals surface area (Å²) in [5.74, 6) is 0.940. The number of carbonyl (C=O) groups excluding carboxylic acids is 1. The Hall–Kier alpha value is -1.81. The second-order valence-electron chi connectivity index (χ2n) is 5.00. The zero-order valence-electron chi connectivity index (χ0n) is 12.6. The summed E-state index contributed by atoms with van der Waals surface area (Å²) in [6, 6.07) is 15.9. The first-order valence-corrected chi connectivity index (χ1v) is 8.12. The van der Waals surface area contributed by atoms with Crippen LogP contribution in [0.3, 0.4) is 0 Å². The largest absolute Gasteiger partial charge is 0.496 e. The van der Waals surface area contributed by atoms with Gasteiger partial charge in [-0.2, -0.15) is 0 Å². The molecule has 0 aliphatic rings. The van der Waals surface area contributed by atoms with Crippen LogP contribution in [0.1, 0.15) is 17.5 Å². The first kappa shape index (κ1) is 16.6. The zero-order valence-corrected chi connectivity index (χ0v) is 14.2. The normalized spacial score (nSPS) is 10.3. The summed E-state index contributed by atoms with van der Waals surface area (Å²) in [6.07, 6.45) is 2.00. The quantitative estimate of drug-likeness (QED) is 0.815. The van der Waals surface area contributed by atoms with E-state index >= 15 is 0 Å². The predicted octanol–water partition coefficient (Wildman–Crippen LogP) is 3.75. The molecule has 0 heterocycles. The number of benzene rings is 2. The molecule has 22 heavy (non-hydrogen) atoms. The minimum absolute atomic E-state index is 0.0747. The maximum absolute atomic E-state index is 11.9. The Balaban J connectivity index is 1.75. The molecule has 0 unspecified atom stereocenters. The number of hydrogen-bond acceptors (Lipinski definition) is 2. The Morgan fingerprint density at radius 2 is 1.73 bits per heavy atom. The maximum Gasteiger partial charge on any atom is 0.220 e. The highest BCUT2D eigenvalue weighted by molar-refractivity contribution is 9.10. The molecule has 1 N–H and O–H groups in total. The first-order chi connectivity index (χ1) is 10.7. The Morgan fingerprint density at radius 3 is 2.45 bits per heavy atom. The summed E-state index contributed by atoms with van der Waals surface area (Å²) >= 11 is 3.50. The zero-order chi connectivity index (χ0) is 15.8. The standard InChI is InChI=1S/C18H20BrNO2/c1-22-17-9-5-3-7-15(17)12-13-20-18(21)11-10-14-6-2-4-8-16(14)19/h2-9H,10-13H2,1H3,(H,20,21). The van der Waals surface area contributed by atoms with Crippen molar-refractivity contribution in [2.45, 2.75) is 19.3 Å². The van der Waals surface area contributed by atoms with Crippen molar-refractivity contribution in [3.63, 3.8) is 0 Å². The van der Waals surface area contributed by atoms with Gasteiger partial charge in [0.05, 0.1) is 7.11 Å². The molecule has 1 amide bonds. The van der Waals surface area contributed by atoms with Crippen molar-refractivity contribution in [3.05, 3.63) is 64.1 Å². The van der Waals surface area contributed by atoms with Gasteiger partial charge in [-0.05, 0) is 36.1 Å². The summed E-state index contributed by atoms with van der Waals surface area (Å²) < 4.78 is 6.36. The summed E-state index contributed by atoms with van der Waals surface area (Å²) in [6.45, 7) is 0.620. The minimum atomic E-state index is 0.0747. The van der Waals surface area contributed by atoms with E-state index in [2.05, 4.69) is 21.2 Å². The van der Waals surface area contributed by atoms with E-state index in [-0.39, 0.29) is 5.91 Å². The van der Waals surface area contributed by atoms with Gasteiger partial charge >= 0.3 is 0 Å². The lowest BCUT2D eigenvalue weighted by atomic mass is 10.1. The van der Waals surface area contributed by atoms with Gasteiger partial charge in [0.25, 0.3) is 0 Å². The fourth-order valence-corrected chi connectivity index (χ4v) is 2.77. The highest BCUT2D eigenvalue weighted by Crippen LogP contribution is 2.18. The number of rotatable bonds is 7. The van der Waals surface area contributed by atoms with Crippen LogP contribution in [0.4, 0.5) is 0 Å². The molecule has 4 heteroatoms. The van der Waals surface area contributed by atoms with Crippen molar-refractivity contribution >= 4 is 21.8 Å². The fraction of sp³-hybridized carbons (Fsp3) is 0.278. The number of aryl methyl sites for hydroxylation is 1. The number of methoxy groups -OCH3 is 1. The van der Waals surface area contributed by atoms with E-state index in [0.717, 1.165) is 34.2 Å². The van der Waals surface area contributed by atoms with Crippen molar-refractivity contribution in [2.24, 2.45) is 0 Å². The van der Waals surface area contributed by atoms with Crippen molar-refractivity contribution in [2.75, 3.05) is 13.7 Å². The molecular weight excluding hydrogens is 342 g/mol. The molecule has 116 valence electrons. The van der Waals surface area contributed by atoms with Gasteiger partial charge in [-0.3, -0.25) is 4.79 Å². The first-order valence-electron chi connectivity index (χ1n) is 7.32. The number of para-hydroxylation sites is 1. The average molecular weight is 362 g/mol. The number of carbonyl (C=O) groups is 1. The fourth-order valence-electron chi connectivity index (χ4n) is 2.28. The van der Waals surface area contributed by atoms with Crippen molar-refractivity contribution in [1.82, 2.24) is 5.32 Å². The molecule has 0 aliphatic heterocycles. The molecule has 0 aliphatic carbocycles. The predicted molar refractivity (Wildman–Crippen MR) is 92.2 cm³/mol. The van der Waals surface area contributed by atoms with E-state index in [9.17, 15) is 4.79 Å². The third-order valence-corrected chi connectivity index (χ3v) is 4.26. The molecule has 0 saturated heterocycles. The molecule has 0 atom stereocenters. The summed E-state index contributed by atoms with van der Waals surface area (Å²) in [7, 11) is 1.66. The number of nitrogens with one attached hydrogen (secondary N) is 1. The summed E-state index contributed by atoms with van der Waals surface area (Å²) in [5.41, 5.74) is 2.26. The van der Waals surface area contributed by atoms with E-state index in [1.807, 2.05) is 48.5 Å². The van der Waals surface area contributed by atoms with Gasteiger partial charge in [0.15, 0.2) is 0 Å². The smallest absolute Gasteiger partial charge is 0.220 e. The van der Waals surface area contributed by atoms with Crippen LogP contribution in [-0.4, -0.2) is 19.6 Å². The average Bonchev–Trinajstić information content (AvgIpc) is 2.54. The van der Waals surface area contributed by atoms with Gasteiger partial charge in [0.1, 0.15) is 5.75 Å². The van der Waals surface area contributed by atoms with E-state index in [1.165, 1.54) is 0 Å². The Morgan fingerprint density at radius 1 is 1.05 bits per heavy atom. The highest BCUT2D eigenvalue weighted by atomic mass is 79.9. The Kier molecular flexibility index (Phi) is 6.46. The van der Waals surface area contributed by atoms with Crippen LogP contribution >= 0.6 is 15.9 Å². The van der Waals surface area contributed by atoms with E-state index in [4.69, 9.17) is 4.74 Å². The van der Waals surface area contributed by atoms with Crippen molar-refractivity contribution in [1.29, 1.82) is 0 Å². The number of halogens is 1. The SMILES string of the molecule is COc1ccccc1CCNC(=O)CCc1ccccc1Br. The van der Waals surface area contributed by atoms with Crippen LogP contribution in [0.15, 0.2) is 53.0 Å². The van der Waals surface area contributed by atoms with Gasteiger partial charge in [-0.25, -0.2) is 0 Å². The third kappa shape index (κ3) is 4.88. The minimum Gasteiger partial charge on any atom is -0.496 e. The molecule has 0 spiro atoms. The molecular formula is C18H20BrNO2. The third-order valence-electron chi connectivity index (χ3n) is 3.49. The lowest BCUT2D eigenvalue weighted by Gasteiger charge is -2.09. The van der Waals surface area contributed by atoms with Gasteiger partial charge in [-0.1, -0.05) is 52.3 Å². The van der Waals surface area contributed by atoms with Gasteiger partial charge in [0.2, 0.25) is 5.91 Å². The second kappa shape index (κ2) is 8.59. The van der Waals surface area contributed by atoms with Crippen LogP contribution in [-0.2, 0) is 17.6 Å². The molecule has 0 aromatic heterocycles. The summed E-state index contributed by atoms with van der Waals surface area (Å²) in [5, 5.41) is 2.96. The molecule has 2 rings (SSSR count). The van der Waals surface area contributed by atoms with E-state index < -0.39 is 0 Å². The lowest BCUT2D eigenvalue weighted by Crippen LogP contribution is -2.26. The monoisotopic (exact) mass is 361 g/mol. The van der Waals surface area contributed by atoms with Gasteiger partial charge in [0, 0.05) is 17.4 Å². The molecule has 0 saturated carbocycles. The lowest BCUT2D eigenvalue weighted by molar-refractivity contribution is -0.121. The highest BCUT2D eigenvalue weighted by Gasteiger charge is 2.06. The van der Waals surface area contributed by atoms with E-state index in [1.54, 1.807) is 7.11 Å². The van der Waals surface area contributed by atoms with Gasteiger partial charge < -0.3 is 10.1 Å². The topological polar surface area (TPSA) is 38.3 Å². The molecule has 0 fully saturated rings. The van der Waals surface area contributed by atoms with Gasteiger partial charge in [-0.15, -0.1) is 0 Å². The van der Waals surface area contributed by atoms with Crippen LogP contribution in [0, 0.1) is 0 Å². The number of amides is 1. The molecule has 0 bridgehead atoms. The Labute approximate surface area is 139 Å². The number of ether oxygens (including phenoxy) is 1. The van der Waals surface area contributed by atoms with Crippen LogP contribution < -0.4 is 10.1 Å². The van der Waals surface area contributed by atoms with Crippen LogP contribution in [0.5, 0.6) is 5.75 Å². The molecule has 2 aromatic rings. The van der Waals surface area contributed by atoms with Crippen LogP contribution in [0.25, 0.3) is 0 Å². The maximum atomic E-state index is 11.9. The van der Waals surface area contributed by atoms with Crippen molar-refractivity contribution < 1.29 is 9.53 Å². The molecule has 3 nitrogen and oxygen atoms in total. The van der Waals surface area contributed by atoms with E-state index in [0.29, 0.717) is 13.0 Å². The molecule has 0 radical (unpaired) electrons. The summed E-state index contributed by atoms with van der Waals surface area (Å²) in [4.78, 5) is 11.9. The second-order valence-corrected chi connectivity index (χ2v) is 5.86. The Bertz CT molecular complexity index is 628. The number of hydrogen-bond donors (Lipinski definition) is 1.